The topological polar surface area (TPSA) is 97.6 Å². The third-order valence-corrected chi connectivity index (χ3v) is 4.74. The Balaban J connectivity index is 1.52. The summed E-state index contributed by atoms with van der Waals surface area (Å²) in [5.41, 5.74) is 5.79. The summed E-state index contributed by atoms with van der Waals surface area (Å²) in [6.45, 7) is 0. The van der Waals surface area contributed by atoms with Crippen molar-refractivity contribution in [1.82, 2.24) is 15.2 Å². The third-order valence-electron chi connectivity index (χ3n) is 4.74. The number of rotatable bonds is 6. The monoisotopic (exact) mass is 439 g/mol. The fraction of sp³-hybridized carbons (Fsp3) is 0.0400. The van der Waals surface area contributed by atoms with Crippen LogP contribution in [-0.2, 0) is 9.59 Å². The molecule has 2 amide bonds. The molecule has 8 nitrogen and oxygen atoms in total. The largest absolute Gasteiger partial charge is 0.495 e. The molecule has 3 aromatic carbocycles. The van der Waals surface area contributed by atoms with Crippen LogP contribution in [0.4, 0.5) is 5.69 Å². The minimum absolute atomic E-state index is 0.389. The molecule has 0 spiro atoms. The summed E-state index contributed by atoms with van der Waals surface area (Å²) < 4.78 is 6.91. The van der Waals surface area contributed by atoms with E-state index in [1.807, 2.05) is 66.9 Å². The van der Waals surface area contributed by atoms with Gasteiger partial charge in [0.15, 0.2) is 0 Å². The molecule has 0 fully saturated rings. The second kappa shape index (κ2) is 10.1. The van der Waals surface area contributed by atoms with Gasteiger partial charge in [-0.3, -0.25) is 9.59 Å². The number of amides is 2. The van der Waals surface area contributed by atoms with Crippen LogP contribution in [0.3, 0.4) is 0 Å². The molecule has 0 aliphatic carbocycles. The van der Waals surface area contributed by atoms with Crippen molar-refractivity contribution in [3.05, 3.63) is 96.7 Å². The van der Waals surface area contributed by atoms with Crippen LogP contribution >= 0.6 is 0 Å². The Bertz CT molecular complexity index is 1280. The molecule has 0 aliphatic rings. The molecule has 0 saturated carbocycles. The Morgan fingerprint density at radius 3 is 2.30 bits per heavy atom. The number of nitrogens with one attached hydrogen (secondary N) is 2. The lowest BCUT2D eigenvalue weighted by Gasteiger charge is -2.08. The summed E-state index contributed by atoms with van der Waals surface area (Å²) >= 11 is 0. The van der Waals surface area contributed by atoms with Gasteiger partial charge in [-0.15, -0.1) is 0 Å². The first kappa shape index (κ1) is 21.5. The van der Waals surface area contributed by atoms with E-state index in [1.165, 1.54) is 13.3 Å². The normalized spacial score (nSPS) is 10.7. The van der Waals surface area contributed by atoms with Gasteiger partial charge in [-0.2, -0.15) is 10.2 Å². The van der Waals surface area contributed by atoms with E-state index in [-0.39, 0.29) is 0 Å². The van der Waals surface area contributed by atoms with Gasteiger partial charge in [0.05, 0.1) is 24.7 Å². The maximum absolute atomic E-state index is 12.2. The standard InChI is InChI=1S/C25H21N5O3/c1-33-22-15-9-8-14-21(22)27-24(31)25(32)28-26-16-19-17-30(20-12-6-3-7-13-20)29-23(19)18-10-4-2-5-11-18/h2-17H,1H3,(H,27,31)(H,28,32)/b26-16-. The second-order valence-electron chi connectivity index (χ2n) is 6.93. The summed E-state index contributed by atoms with van der Waals surface area (Å²) in [5, 5.41) is 11.2. The zero-order chi connectivity index (χ0) is 23.0. The van der Waals surface area contributed by atoms with Crippen molar-refractivity contribution in [2.24, 2.45) is 5.10 Å². The van der Waals surface area contributed by atoms with E-state index in [0.29, 0.717) is 22.7 Å². The first-order chi connectivity index (χ1) is 16.2. The summed E-state index contributed by atoms with van der Waals surface area (Å²) in [5.74, 6) is -1.32. The van der Waals surface area contributed by atoms with Gasteiger partial charge in [0.25, 0.3) is 0 Å². The number of anilines is 1. The van der Waals surface area contributed by atoms with Crippen molar-refractivity contribution in [2.75, 3.05) is 12.4 Å². The minimum Gasteiger partial charge on any atom is -0.495 e. The van der Waals surface area contributed by atoms with E-state index in [2.05, 4.69) is 20.9 Å². The molecule has 2 N–H and O–H groups in total. The molecule has 4 aromatic rings. The van der Waals surface area contributed by atoms with Gasteiger partial charge in [-0.05, 0) is 24.3 Å². The van der Waals surface area contributed by atoms with Gasteiger partial charge in [-0.25, -0.2) is 10.1 Å². The number of carbonyl (C=O) groups excluding carboxylic acids is 2. The Hall–Kier alpha value is -4.72. The number of hydrogen-bond donors (Lipinski definition) is 2. The zero-order valence-electron chi connectivity index (χ0n) is 17.8. The second-order valence-corrected chi connectivity index (χ2v) is 6.93. The van der Waals surface area contributed by atoms with E-state index < -0.39 is 11.8 Å². The van der Waals surface area contributed by atoms with Crippen molar-refractivity contribution < 1.29 is 14.3 Å². The van der Waals surface area contributed by atoms with Gasteiger partial charge in [0, 0.05) is 17.3 Å². The van der Waals surface area contributed by atoms with Gasteiger partial charge in [0.1, 0.15) is 11.4 Å². The first-order valence-electron chi connectivity index (χ1n) is 10.1. The fourth-order valence-electron chi connectivity index (χ4n) is 3.15. The van der Waals surface area contributed by atoms with E-state index in [0.717, 1.165) is 11.3 Å². The van der Waals surface area contributed by atoms with Gasteiger partial charge < -0.3 is 10.1 Å². The Labute approximate surface area is 190 Å². The van der Waals surface area contributed by atoms with Crippen LogP contribution < -0.4 is 15.5 Å². The fourth-order valence-corrected chi connectivity index (χ4v) is 3.15. The predicted molar refractivity (Wildman–Crippen MR) is 126 cm³/mol. The molecule has 0 atom stereocenters. The first-order valence-corrected chi connectivity index (χ1v) is 10.1. The van der Waals surface area contributed by atoms with Crippen molar-refractivity contribution in [2.45, 2.75) is 0 Å². The van der Waals surface area contributed by atoms with E-state index in [9.17, 15) is 9.59 Å². The smallest absolute Gasteiger partial charge is 0.329 e. The quantitative estimate of drug-likeness (QED) is 0.272. The Kier molecular flexibility index (Phi) is 6.56. The summed E-state index contributed by atoms with van der Waals surface area (Å²) in [7, 11) is 1.48. The van der Waals surface area contributed by atoms with E-state index >= 15 is 0 Å². The molecule has 33 heavy (non-hydrogen) atoms. The maximum atomic E-state index is 12.2. The van der Waals surface area contributed by atoms with Crippen LogP contribution in [0.15, 0.2) is 96.2 Å². The van der Waals surface area contributed by atoms with Crippen LogP contribution in [0.25, 0.3) is 16.9 Å². The van der Waals surface area contributed by atoms with Crippen LogP contribution in [0.2, 0.25) is 0 Å². The van der Waals surface area contributed by atoms with Crippen molar-refractivity contribution >= 4 is 23.7 Å². The van der Waals surface area contributed by atoms with Crippen LogP contribution in [0.1, 0.15) is 5.56 Å². The molecule has 1 aromatic heterocycles. The molecule has 0 unspecified atom stereocenters. The highest BCUT2D eigenvalue weighted by Gasteiger charge is 2.15. The summed E-state index contributed by atoms with van der Waals surface area (Å²) in [6, 6.07) is 26.1. The van der Waals surface area contributed by atoms with Gasteiger partial charge in [-0.1, -0.05) is 60.7 Å². The van der Waals surface area contributed by atoms with Crippen LogP contribution in [0.5, 0.6) is 5.75 Å². The average Bonchev–Trinajstić information content (AvgIpc) is 3.29. The number of carbonyl (C=O) groups is 2. The highest BCUT2D eigenvalue weighted by atomic mass is 16.5. The number of para-hydroxylation sites is 3. The number of ether oxygens (including phenoxy) is 1. The molecule has 1 heterocycles. The van der Waals surface area contributed by atoms with Crippen LogP contribution in [0, 0.1) is 0 Å². The summed E-state index contributed by atoms with van der Waals surface area (Å²) in [4.78, 5) is 24.5. The van der Waals surface area contributed by atoms with Gasteiger partial charge >= 0.3 is 11.8 Å². The molecule has 0 aliphatic heterocycles. The Morgan fingerprint density at radius 2 is 1.58 bits per heavy atom. The molecule has 0 saturated heterocycles. The molecular formula is C25H21N5O3. The molecular weight excluding hydrogens is 418 g/mol. The number of hydrazone groups is 1. The molecule has 0 bridgehead atoms. The number of nitrogens with zero attached hydrogens (tertiary/aromatic N) is 3. The minimum atomic E-state index is -0.908. The molecule has 164 valence electrons. The molecule has 0 radical (unpaired) electrons. The van der Waals surface area contributed by atoms with Crippen molar-refractivity contribution in [3.63, 3.8) is 0 Å². The number of hydrogen-bond acceptors (Lipinski definition) is 5. The lowest BCUT2D eigenvalue weighted by Crippen LogP contribution is -2.32. The predicted octanol–water partition coefficient (Wildman–Crippen LogP) is 3.64. The number of methoxy groups -OCH3 is 1. The van der Waals surface area contributed by atoms with Crippen molar-refractivity contribution in [3.8, 4) is 22.7 Å². The number of benzene rings is 3. The number of aromatic nitrogens is 2. The van der Waals surface area contributed by atoms with Crippen LogP contribution in [-0.4, -0.2) is 34.9 Å². The average molecular weight is 439 g/mol. The molecule has 4 rings (SSSR count). The van der Waals surface area contributed by atoms with E-state index in [1.54, 1.807) is 28.9 Å². The summed E-state index contributed by atoms with van der Waals surface area (Å²) in [6.07, 6.45) is 3.27. The van der Waals surface area contributed by atoms with Gasteiger partial charge in [0.2, 0.25) is 0 Å². The maximum Gasteiger partial charge on any atom is 0.329 e. The lowest BCUT2D eigenvalue weighted by molar-refractivity contribution is -0.136. The third kappa shape index (κ3) is 5.13. The lowest BCUT2D eigenvalue weighted by atomic mass is 10.1. The Morgan fingerprint density at radius 1 is 0.909 bits per heavy atom. The highest BCUT2D eigenvalue weighted by Crippen LogP contribution is 2.23. The van der Waals surface area contributed by atoms with E-state index in [4.69, 9.17) is 4.74 Å². The zero-order valence-corrected chi connectivity index (χ0v) is 17.8. The molecule has 8 heteroatoms. The SMILES string of the molecule is COc1ccccc1NC(=O)C(=O)N/N=C\c1cn(-c2ccccc2)nc1-c1ccccc1. The van der Waals surface area contributed by atoms with Crippen molar-refractivity contribution in [1.29, 1.82) is 0 Å². The highest BCUT2D eigenvalue weighted by molar-refractivity contribution is 6.39.